The zero-order valence-corrected chi connectivity index (χ0v) is 15.5. The summed E-state index contributed by atoms with van der Waals surface area (Å²) in [6, 6.07) is 3.85. The molecule has 3 aromatic heterocycles. The summed E-state index contributed by atoms with van der Waals surface area (Å²) >= 11 is 0. The maximum Gasteiger partial charge on any atom is 0.225 e. The van der Waals surface area contributed by atoms with E-state index < -0.39 is 0 Å². The van der Waals surface area contributed by atoms with Crippen LogP contribution in [0.3, 0.4) is 0 Å². The van der Waals surface area contributed by atoms with Crippen molar-refractivity contribution in [2.45, 2.75) is 13.3 Å². The summed E-state index contributed by atoms with van der Waals surface area (Å²) in [5.74, 6) is 1.50. The highest BCUT2D eigenvalue weighted by Crippen LogP contribution is 2.29. The van der Waals surface area contributed by atoms with Crippen LogP contribution in [-0.4, -0.2) is 64.0 Å². The Labute approximate surface area is 157 Å². The SMILES string of the molecule is COc1cnc2[nH]cc(-c3ccnc(N4CCCN(C(C)=O)CC4)n3)c2c1. The van der Waals surface area contributed by atoms with Crippen LogP contribution in [0.15, 0.2) is 30.7 Å². The van der Waals surface area contributed by atoms with Gasteiger partial charge in [-0.1, -0.05) is 0 Å². The topological polar surface area (TPSA) is 87.2 Å². The number of aromatic nitrogens is 4. The van der Waals surface area contributed by atoms with Crippen molar-refractivity contribution in [3.8, 4) is 17.0 Å². The smallest absolute Gasteiger partial charge is 0.225 e. The number of anilines is 1. The Bertz CT molecular complexity index is 970. The Morgan fingerprint density at radius 2 is 2.11 bits per heavy atom. The van der Waals surface area contributed by atoms with Gasteiger partial charge < -0.3 is 19.5 Å². The molecule has 4 rings (SSSR count). The van der Waals surface area contributed by atoms with Crippen LogP contribution in [0.4, 0.5) is 5.95 Å². The van der Waals surface area contributed by atoms with E-state index in [9.17, 15) is 4.79 Å². The van der Waals surface area contributed by atoms with Gasteiger partial charge in [-0.25, -0.2) is 15.0 Å². The number of rotatable bonds is 3. The summed E-state index contributed by atoms with van der Waals surface area (Å²) in [6.07, 6.45) is 6.27. The van der Waals surface area contributed by atoms with E-state index in [1.807, 2.05) is 23.2 Å². The van der Waals surface area contributed by atoms with E-state index >= 15 is 0 Å². The Morgan fingerprint density at radius 3 is 2.93 bits per heavy atom. The van der Waals surface area contributed by atoms with Gasteiger partial charge in [-0.15, -0.1) is 0 Å². The van der Waals surface area contributed by atoms with Crippen molar-refractivity contribution >= 4 is 22.9 Å². The lowest BCUT2D eigenvalue weighted by Gasteiger charge is -2.21. The Kier molecular flexibility index (Phi) is 4.62. The van der Waals surface area contributed by atoms with E-state index in [0.29, 0.717) is 18.2 Å². The minimum absolute atomic E-state index is 0.117. The number of hydrogen-bond donors (Lipinski definition) is 1. The lowest BCUT2D eigenvalue weighted by atomic mass is 10.1. The Hall–Kier alpha value is -3.16. The molecule has 1 saturated heterocycles. The van der Waals surface area contributed by atoms with Crippen LogP contribution in [0, 0.1) is 0 Å². The quantitative estimate of drug-likeness (QED) is 0.764. The zero-order chi connectivity index (χ0) is 18.8. The van der Waals surface area contributed by atoms with Gasteiger partial charge in [0.2, 0.25) is 11.9 Å². The number of aromatic amines is 1. The molecule has 0 aliphatic carbocycles. The first-order valence-electron chi connectivity index (χ1n) is 9.00. The summed E-state index contributed by atoms with van der Waals surface area (Å²) in [4.78, 5) is 32.4. The van der Waals surface area contributed by atoms with Crippen LogP contribution >= 0.6 is 0 Å². The average Bonchev–Trinajstić information content (AvgIpc) is 2.94. The molecule has 140 valence electrons. The second kappa shape index (κ2) is 7.22. The highest BCUT2D eigenvalue weighted by Gasteiger charge is 2.19. The lowest BCUT2D eigenvalue weighted by molar-refractivity contribution is -0.128. The molecule has 0 bridgehead atoms. The van der Waals surface area contributed by atoms with Crippen molar-refractivity contribution in [1.82, 2.24) is 24.8 Å². The van der Waals surface area contributed by atoms with Gasteiger partial charge in [0.15, 0.2) is 0 Å². The predicted octanol–water partition coefficient (Wildman–Crippen LogP) is 2.09. The van der Waals surface area contributed by atoms with Crippen molar-refractivity contribution in [1.29, 1.82) is 0 Å². The third kappa shape index (κ3) is 3.42. The molecule has 4 heterocycles. The molecule has 3 aromatic rings. The molecule has 0 atom stereocenters. The normalized spacial score (nSPS) is 15.0. The number of amides is 1. The highest BCUT2D eigenvalue weighted by atomic mass is 16.5. The number of methoxy groups -OCH3 is 1. The van der Waals surface area contributed by atoms with Crippen molar-refractivity contribution < 1.29 is 9.53 Å². The molecule has 1 amide bonds. The predicted molar refractivity (Wildman–Crippen MR) is 103 cm³/mol. The van der Waals surface area contributed by atoms with E-state index in [0.717, 1.165) is 48.3 Å². The fourth-order valence-corrected chi connectivity index (χ4v) is 3.39. The maximum absolute atomic E-state index is 11.6. The van der Waals surface area contributed by atoms with E-state index in [1.54, 1.807) is 26.4 Å². The first-order chi connectivity index (χ1) is 13.2. The van der Waals surface area contributed by atoms with Crippen LogP contribution in [0.2, 0.25) is 0 Å². The Balaban J connectivity index is 1.64. The van der Waals surface area contributed by atoms with Crippen molar-refractivity contribution in [2.24, 2.45) is 0 Å². The van der Waals surface area contributed by atoms with Gasteiger partial charge in [-0.2, -0.15) is 0 Å². The maximum atomic E-state index is 11.6. The second-order valence-electron chi connectivity index (χ2n) is 6.56. The molecule has 1 N–H and O–H groups in total. The van der Waals surface area contributed by atoms with Crippen molar-refractivity contribution in [3.63, 3.8) is 0 Å². The van der Waals surface area contributed by atoms with Gasteiger partial charge in [0.25, 0.3) is 0 Å². The molecule has 8 heteroatoms. The van der Waals surface area contributed by atoms with Gasteiger partial charge in [-0.05, 0) is 18.6 Å². The van der Waals surface area contributed by atoms with Gasteiger partial charge in [-0.3, -0.25) is 4.79 Å². The monoisotopic (exact) mass is 366 g/mol. The van der Waals surface area contributed by atoms with Crippen LogP contribution in [0.1, 0.15) is 13.3 Å². The molecule has 1 aliphatic rings. The summed E-state index contributed by atoms with van der Waals surface area (Å²) in [5.41, 5.74) is 2.58. The average molecular weight is 366 g/mol. The van der Waals surface area contributed by atoms with Crippen LogP contribution in [-0.2, 0) is 4.79 Å². The number of carbonyl (C=O) groups excluding carboxylic acids is 1. The molecule has 0 spiro atoms. The zero-order valence-electron chi connectivity index (χ0n) is 15.5. The van der Waals surface area contributed by atoms with E-state index in [1.165, 1.54) is 0 Å². The molecule has 27 heavy (non-hydrogen) atoms. The Morgan fingerprint density at radius 1 is 1.22 bits per heavy atom. The molecular formula is C19H22N6O2. The third-order valence-corrected chi connectivity index (χ3v) is 4.88. The lowest BCUT2D eigenvalue weighted by Crippen LogP contribution is -2.34. The van der Waals surface area contributed by atoms with Gasteiger partial charge in [0.05, 0.1) is 19.0 Å². The number of H-pyrrole nitrogens is 1. The molecule has 0 unspecified atom stereocenters. The summed E-state index contributed by atoms with van der Waals surface area (Å²) in [6.45, 7) is 4.64. The number of nitrogens with one attached hydrogen (secondary N) is 1. The first-order valence-corrected chi connectivity index (χ1v) is 9.00. The summed E-state index contributed by atoms with van der Waals surface area (Å²) in [7, 11) is 1.63. The molecule has 0 aromatic carbocycles. The molecule has 8 nitrogen and oxygen atoms in total. The van der Waals surface area contributed by atoms with Crippen LogP contribution in [0.25, 0.3) is 22.3 Å². The number of nitrogens with zero attached hydrogens (tertiary/aromatic N) is 5. The molecule has 0 saturated carbocycles. The minimum Gasteiger partial charge on any atom is -0.495 e. The fourth-order valence-electron chi connectivity index (χ4n) is 3.39. The highest BCUT2D eigenvalue weighted by molar-refractivity contribution is 5.93. The molecule has 1 aliphatic heterocycles. The van der Waals surface area contributed by atoms with Crippen molar-refractivity contribution in [2.75, 3.05) is 38.2 Å². The minimum atomic E-state index is 0.117. The van der Waals surface area contributed by atoms with E-state index in [-0.39, 0.29) is 5.91 Å². The summed E-state index contributed by atoms with van der Waals surface area (Å²) in [5, 5.41) is 0.956. The van der Waals surface area contributed by atoms with Crippen LogP contribution < -0.4 is 9.64 Å². The second-order valence-corrected chi connectivity index (χ2v) is 6.56. The summed E-state index contributed by atoms with van der Waals surface area (Å²) < 4.78 is 5.30. The van der Waals surface area contributed by atoms with Gasteiger partial charge >= 0.3 is 0 Å². The number of ether oxygens (including phenoxy) is 1. The van der Waals surface area contributed by atoms with Gasteiger partial charge in [0.1, 0.15) is 11.4 Å². The van der Waals surface area contributed by atoms with E-state index in [4.69, 9.17) is 9.72 Å². The van der Waals surface area contributed by atoms with Crippen LogP contribution in [0.5, 0.6) is 5.75 Å². The fraction of sp³-hybridized carbons (Fsp3) is 0.368. The number of pyridine rings is 1. The van der Waals surface area contributed by atoms with E-state index in [2.05, 4.69) is 19.9 Å². The molecule has 1 fully saturated rings. The molecular weight excluding hydrogens is 344 g/mol. The third-order valence-electron chi connectivity index (χ3n) is 4.88. The molecule has 0 radical (unpaired) electrons. The number of carbonyl (C=O) groups is 1. The van der Waals surface area contributed by atoms with Crippen molar-refractivity contribution in [3.05, 3.63) is 30.7 Å². The standard InChI is InChI=1S/C19H22N6O2/c1-13(26)24-6-3-7-25(9-8-24)19-20-5-4-17(23-19)16-12-22-18-15(16)10-14(27-2)11-21-18/h4-5,10-12H,3,6-9H2,1-2H3,(H,21,22). The van der Waals surface area contributed by atoms with Gasteiger partial charge in [0, 0.05) is 56.4 Å². The first kappa shape index (κ1) is 17.3. The number of hydrogen-bond acceptors (Lipinski definition) is 6. The number of fused-ring (bicyclic) bond motifs is 1. The largest absolute Gasteiger partial charge is 0.495 e.